The molecule has 0 aliphatic rings. The predicted octanol–water partition coefficient (Wildman–Crippen LogP) is 2.42. The maximum atomic E-state index is 12.3. The molecule has 0 aliphatic heterocycles. The number of anilines is 1. The number of amides is 1. The van der Waals surface area contributed by atoms with Crippen LogP contribution in [-0.4, -0.2) is 25.9 Å². The molecule has 2 heterocycles. The van der Waals surface area contributed by atoms with Gasteiger partial charge in [0, 0.05) is 12.6 Å². The number of nitrogens with one attached hydrogen (secondary N) is 2. The summed E-state index contributed by atoms with van der Waals surface area (Å²) in [5, 5.41) is 15.2. The molecule has 2 N–H and O–H groups in total. The Bertz CT molecular complexity index is 797. The van der Waals surface area contributed by atoms with Gasteiger partial charge in [0.1, 0.15) is 5.82 Å². The van der Waals surface area contributed by atoms with Gasteiger partial charge in [-0.3, -0.25) is 9.89 Å². The summed E-state index contributed by atoms with van der Waals surface area (Å²) in [6, 6.07) is 7.45. The molecule has 2 aromatic heterocycles. The summed E-state index contributed by atoms with van der Waals surface area (Å²) in [4.78, 5) is 12.3. The highest BCUT2D eigenvalue weighted by molar-refractivity contribution is 6.08. The first-order chi connectivity index (χ1) is 10.1. The second kappa shape index (κ2) is 5.05. The number of aromatic nitrogens is 4. The van der Waals surface area contributed by atoms with E-state index in [1.807, 2.05) is 45.2 Å². The van der Waals surface area contributed by atoms with Crippen LogP contribution in [0.5, 0.6) is 0 Å². The quantitative estimate of drug-likeness (QED) is 0.775. The molecule has 3 aromatic rings. The number of carbonyl (C=O) groups is 1. The molecular formula is C15H17N5O. The van der Waals surface area contributed by atoms with Gasteiger partial charge >= 0.3 is 0 Å². The fraction of sp³-hybridized carbons (Fsp3) is 0.267. The van der Waals surface area contributed by atoms with Crippen molar-refractivity contribution < 1.29 is 4.79 Å². The lowest BCUT2D eigenvalue weighted by molar-refractivity contribution is 0.102. The average Bonchev–Trinajstić information content (AvgIpc) is 3.02. The highest BCUT2D eigenvalue weighted by atomic mass is 16.1. The van der Waals surface area contributed by atoms with Gasteiger partial charge in [-0.05, 0) is 25.5 Å². The van der Waals surface area contributed by atoms with Gasteiger partial charge in [0.05, 0.1) is 11.1 Å². The first-order valence-corrected chi connectivity index (χ1v) is 6.88. The van der Waals surface area contributed by atoms with Crippen molar-refractivity contribution in [2.75, 3.05) is 5.32 Å². The summed E-state index contributed by atoms with van der Waals surface area (Å²) >= 11 is 0. The van der Waals surface area contributed by atoms with E-state index in [1.165, 1.54) is 0 Å². The largest absolute Gasteiger partial charge is 0.306 e. The molecule has 1 aromatic carbocycles. The third-order valence-electron chi connectivity index (χ3n) is 3.50. The Morgan fingerprint density at radius 2 is 2.05 bits per heavy atom. The number of aromatic amines is 1. The van der Waals surface area contributed by atoms with E-state index in [4.69, 9.17) is 0 Å². The molecule has 0 saturated carbocycles. The van der Waals surface area contributed by atoms with Crippen molar-refractivity contribution in [1.29, 1.82) is 0 Å². The molecule has 0 bridgehead atoms. The third-order valence-corrected chi connectivity index (χ3v) is 3.50. The van der Waals surface area contributed by atoms with Gasteiger partial charge < -0.3 is 5.32 Å². The summed E-state index contributed by atoms with van der Waals surface area (Å²) in [6.07, 6.45) is 0.782. The zero-order valence-corrected chi connectivity index (χ0v) is 12.3. The second-order valence-corrected chi connectivity index (χ2v) is 5.04. The van der Waals surface area contributed by atoms with Crippen LogP contribution in [0.3, 0.4) is 0 Å². The number of hydrogen-bond donors (Lipinski definition) is 2. The molecule has 0 saturated heterocycles. The summed E-state index contributed by atoms with van der Waals surface area (Å²) < 4.78 is 1.71. The molecule has 3 rings (SSSR count). The minimum atomic E-state index is -0.161. The number of rotatable bonds is 3. The summed E-state index contributed by atoms with van der Waals surface area (Å²) in [5.41, 5.74) is 3.40. The minimum Gasteiger partial charge on any atom is -0.306 e. The van der Waals surface area contributed by atoms with E-state index in [0.717, 1.165) is 28.7 Å². The van der Waals surface area contributed by atoms with Crippen LogP contribution in [0.1, 0.15) is 28.5 Å². The Labute approximate surface area is 122 Å². The van der Waals surface area contributed by atoms with Gasteiger partial charge in [0.2, 0.25) is 0 Å². The van der Waals surface area contributed by atoms with Crippen molar-refractivity contribution in [2.24, 2.45) is 7.05 Å². The van der Waals surface area contributed by atoms with E-state index >= 15 is 0 Å². The maximum Gasteiger partial charge on any atom is 0.256 e. The standard InChI is InChI=1S/C15H17N5O/c1-4-11-12-13(17-18-14(12)20(3)19-11)16-15(21)10-7-5-9(2)6-8-10/h5-8H,4H2,1-3H3,(H2,16,17,18,21). The molecule has 21 heavy (non-hydrogen) atoms. The van der Waals surface area contributed by atoms with Crippen molar-refractivity contribution in [3.63, 3.8) is 0 Å². The number of carbonyl (C=O) groups excluding carboxylic acids is 1. The molecule has 0 fully saturated rings. The predicted molar refractivity (Wildman–Crippen MR) is 81.4 cm³/mol. The molecule has 6 heteroatoms. The van der Waals surface area contributed by atoms with Gasteiger partial charge in [-0.15, -0.1) is 0 Å². The Kier molecular flexibility index (Phi) is 3.21. The summed E-state index contributed by atoms with van der Waals surface area (Å²) in [7, 11) is 1.84. The van der Waals surface area contributed by atoms with Crippen molar-refractivity contribution in [3.8, 4) is 0 Å². The molecular weight excluding hydrogens is 266 g/mol. The number of nitrogens with zero attached hydrogens (tertiary/aromatic N) is 3. The monoisotopic (exact) mass is 283 g/mol. The van der Waals surface area contributed by atoms with Crippen molar-refractivity contribution in [3.05, 3.63) is 41.1 Å². The van der Waals surface area contributed by atoms with E-state index in [2.05, 4.69) is 20.6 Å². The first-order valence-electron chi connectivity index (χ1n) is 6.88. The molecule has 0 atom stereocenters. The molecule has 0 radical (unpaired) electrons. The Morgan fingerprint density at radius 3 is 2.71 bits per heavy atom. The fourth-order valence-corrected chi connectivity index (χ4v) is 2.35. The topological polar surface area (TPSA) is 75.6 Å². The molecule has 0 unspecified atom stereocenters. The lowest BCUT2D eigenvalue weighted by Gasteiger charge is -2.03. The highest BCUT2D eigenvalue weighted by Gasteiger charge is 2.17. The summed E-state index contributed by atoms with van der Waals surface area (Å²) in [5.74, 6) is 0.437. The van der Waals surface area contributed by atoms with Gasteiger partial charge in [-0.25, -0.2) is 4.68 Å². The van der Waals surface area contributed by atoms with E-state index in [9.17, 15) is 4.79 Å². The van der Waals surface area contributed by atoms with E-state index < -0.39 is 0 Å². The second-order valence-electron chi connectivity index (χ2n) is 5.04. The zero-order chi connectivity index (χ0) is 15.0. The van der Waals surface area contributed by atoms with Gasteiger partial charge in [0.25, 0.3) is 5.91 Å². The van der Waals surface area contributed by atoms with Crippen LogP contribution in [0, 0.1) is 6.92 Å². The van der Waals surface area contributed by atoms with Gasteiger partial charge in [-0.1, -0.05) is 24.6 Å². The summed E-state index contributed by atoms with van der Waals surface area (Å²) in [6.45, 7) is 4.02. The molecule has 6 nitrogen and oxygen atoms in total. The van der Waals surface area contributed by atoms with Crippen molar-refractivity contribution >= 4 is 22.8 Å². The van der Waals surface area contributed by atoms with Crippen molar-refractivity contribution in [1.82, 2.24) is 20.0 Å². The van der Waals surface area contributed by atoms with Crippen molar-refractivity contribution in [2.45, 2.75) is 20.3 Å². The van der Waals surface area contributed by atoms with Gasteiger partial charge in [-0.2, -0.15) is 10.2 Å². The number of hydrogen-bond acceptors (Lipinski definition) is 3. The number of aryl methyl sites for hydroxylation is 3. The van der Waals surface area contributed by atoms with E-state index in [-0.39, 0.29) is 5.91 Å². The van der Waals surface area contributed by atoms with Crippen LogP contribution in [0.15, 0.2) is 24.3 Å². The van der Waals surface area contributed by atoms with Crippen LogP contribution in [0.25, 0.3) is 11.0 Å². The van der Waals surface area contributed by atoms with Crippen LogP contribution in [-0.2, 0) is 13.5 Å². The Morgan fingerprint density at radius 1 is 1.33 bits per heavy atom. The third kappa shape index (κ3) is 2.29. The zero-order valence-electron chi connectivity index (χ0n) is 12.3. The van der Waals surface area contributed by atoms with Crippen LogP contribution in [0.4, 0.5) is 5.82 Å². The Hall–Kier alpha value is -2.63. The van der Waals surface area contributed by atoms with Crippen LogP contribution in [0.2, 0.25) is 0 Å². The number of benzene rings is 1. The lowest BCUT2D eigenvalue weighted by atomic mass is 10.1. The molecule has 0 spiro atoms. The first kappa shape index (κ1) is 13.4. The van der Waals surface area contributed by atoms with Gasteiger partial charge in [0.15, 0.2) is 5.65 Å². The SMILES string of the molecule is CCc1nn(C)c2n[nH]c(NC(=O)c3ccc(C)cc3)c12. The Balaban J connectivity index is 1.94. The lowest BCUT2D eigenvalue weighted by Crippen LogP contribution is -2.12. The minimum absolute atomic E-state index is 0.161. The molecule has 1 amide bonds. The normalized spacial score (nSPS) is 11.0. The number of fused-ring (bicyclic) bond motifs is 1. The van der Waals surface area contributed by atoms with Crippen LogP contribution < -0.4 is 5.32 Å². The highest BCUT2D eigenvalue weighted by Crippen LogP contribution is 2.24. The maximum absolute atomic E-state index is 12.3. The van der Waals surface area contributed by atoms with E-state index in [0.29, 0.717) is 11.4 Å². The van der Waals surface area contributed by atoms with Crippen LogP contribution >= 0.6 is 0 Å². The van der Waals surface area contributed by atoms with E-state index in [1.54, 1.807) is 4.68 Å². The molecule has 0 aliphatic carbocycles. The fourth-order valence-electron chi connectivity index (χ4n) is 2.35. The number of H-pyrrole nitrogens is 1. The molecule has 108 valence electrons. The smallest absolute Gasteiger partial charge is 0.256 e. The average molecular weight is 283 g/mol.